The Morgan fingerprint density at radius 3 is 2.96 bits per heavy atom. The monoisotopic (exact) mass is 402 g/mol. The van der Waals surface area contributed by atoms with E-state index >= 15 is 0 Å². The third-order valence-corrected chi connectivity index (χ3v) is 3.97. The van der Waals surface area contributed by atoms with Crippen molar-refractivity contribution < 1.29 is 35.1 Å². The molecule has 1 aromatic heterocycles. The Bertz CT molecular complexity index is 879. The molecular weight excluding hydrogens is 389 g/mol. The van der Waals surface area contributed by atoms with Gasteiger partial charge in [0.1, 0.15) is 6.04 Å². The number of likely N-dealkylation sites (tertiary alicyclic amines) is 1. The molecule has 1 aromatic carbocycles. The molecule has 1 aliphatic heterocycles. The van der Waals surface area contributed by atoms with E-state index in [1.54, 1.807) is 24.3 Å². The predicted molar refractivity (Wildman–Crippen MR) is 83.6 cm³/mol. The van der Waals surface area contributed by atoms with Crippen molar-refractivity contribution in [2.24, 2.45) is 0 Å². The molecule has 2 aromatic rings. The fraction of sp³-hybridized carbons (Fsp3) is 0.294. The molecule has 0 bridgehead atoms. The minimum atomic E-state index is -3.09. The standard InChI is InChI=1S/C17H13F2N4O2.Co/c18-17(19)7-11(8-20)23(10-17)15(24)9-22-16(25)13-5-6-21-14-4-2-1-3-12(13)14;/h1,3-6,11H,7,9-10H2,(H,22,25);/q-1;/t11-;/m0./s1. The predicted octanol–water partition coefficient (Wildman–Crippen LogP) is 1.52. The molecule has 1 N–H and O–H groups in total. The zero-order valence-corrected chi connectivity index (χ0v) is 14.4. The first kappa shape index (κ1) is 19.7. The molecular formula is C17H13CoF2N4O2-. The van der Waals surface area contributed by atoms with Crippen molar-refractivity contribution in [3.8, 4) is 6.07 Å². The van der Waals surface area contributed by atoms with Crippen molar-refractivity contribution >= 4 is 22.7 Å². The Kier molecular flexibility index (Phi) is 5.89. The number of benzene rings is 1. The van der Waals surface area contributed by atoms with Gasteiger partial charge in [-0.15, -0.1) is 0 Å². The van der Waals surface area contributed by atoms with E-state index < -0.39 is 43.3 Å². The largest absolute Gasteiger partial charge is 0.343 e. The molecule has 1 fully saturated rings. The zero-order chi connectivity index (χ0) is 18.0. The average Bonchev–Trinajstić information content (AvgIpc) is 2.93. The number of pyridine rings is 1. The van der Waals surface area contributed by atoms with Crippen LogP contribution in [0.25, 0.3) is 10.9 Å². The van der Waals surface area contributed by atoms with Gasteiger partial charge in [0.2, 0.25) is 11.8 Å². The van der Waals surface area contributed by atoms with E-state index in [-0.39, 0.29) is 16.8 Å². The van der Waals surface area contributed by atoms with E-state index in [4.69, 9.17) is 5.26 Å². The van der Waals surface area contributed by atoms with E-state index in [0.717, 1.165) is 4.90 Å². The summed E-state index contributed by atoms with van der Waals surface area (Å²) in [5, 5.41) is 11.9. The number of hydrogen-bond donors (Lipinski definition) is 1. The number of aromatic nitrogens is 1. The summed E-state index contributed by atoms with van der Waals surface area (Å²) >= 11 is 0. The molecule has 1 radical (unpaired) electrons. The number of nitrogens with one attached hydrogen (secondary N) is 1. The Labute approximate surface area is 158 Å². The maximum atomic E-state index is 13.4. The van der Waals surface area contributed by atoms with E-state index in [9.17, 15) is 18.4 Å². The normalized spacial score (nSPS) is 18.0. The number of rotatable bonds is 3. The van der Waals surface area contributed by atoms with Crippen molar-refractivity contribution in [3.05, 3.63) is 42.1 Å². The molecule has 2 heterocycles. The van der Waals surface area contributed by atoms with Crippen molar-refractivity contribution in [2.45, 2.75) is 18.4 Å². The number of alkyl halides is 2. The Hall–Kier alpha value is -2.57. The molecule has 0 unspecified atom stereocenters. The molecule has 137 valence electrons. The van der Waals surface area contributed by atoms with Crippen LogP contribution in [-0.2, 0) is 21.6 Å². The Morgan fingerprint density at radius 2 is 2.23 bits per heavy atom. The molecule has 1 atom stereocenters. The zero-order valence-electron chi connectivity index (χ0n) is 13.3. The summed E-state index contributed by atoms with van der Waals surface area (Å²) in [5.74, 6) is -4.33. The van der Waals surface area contributed by atoms with Gasteiger partial charge in [-0.3, -0.25) is 9.59 Å². The van der Waals surface area contributed by atoms with Gasteiger partial charge in [-0.1, -0.05) is 5.39 Å². The Balaban J connectivity index is 0.00000243. The summed E-state index contributed by atoms with van der Waals surface area (Å²) in [5.41, 5.74) is 0.889. The van der Waals surface area contributed by atoms with Gasteiger partial charge >= 0.3 is 0 Å². The van der Waals surface area contributed by atoms with Crippen LogP contribution in [0, 0.1) is 17.4 Å². The summed E-state index contributed by atoms with van der Waals surface area (Å²) in [6.07, 6.45) is 0.772. The summed E-state index contributed by atoms with van der Waals surface area (Å²) in [6, 6.07) is 9.80. The van der Waals surface area contributed by atoms with E-state index in [1.165, 1.54) is 12.3 Å². The quantitative estimate of drug-likeness (QED) is 0.789. The number of carbonyl (C=O) groups excluding carboxylic acids is 2. The summed E-state index contributed by atoms with van der Waals surface area (Å²) in [7, 11) is 0. The van der Waals surface area contributed by atoms with Gasteiger partial charge in [0.05, 0.1) is 19.2 Å². The Morgan fingerprint density at radius 1 is 1.46 bits per heavy atom. The smallest absolute Gasteiger partial charge is 0.268 e. The maximum absolute atomic E-state index is 13.4. The first-order valence-corrected chi connectivity index (χ1v) is 7.51. The van der Waals surface area contributed by atoms with Crippen LogP contribution in [0.5, 0.6) is 0 Å². The van der Waals surface area contributed by atoms with Crippen LogP contribution < -0.4 is 5.32 Å². The third kappa shape index (κ3) is 3.97. The number of fused-ring (bicyclic) bond motifs is 1. The van der Waals surface area contributed by atoms with Crippen LogP contribution in [0.4, 0.5) is 8.78 Å². The number of hydrogen-bond acceptors (Lipinski definition) is 4. The van der Waals surface area contributed by atoms with Crippen LogP contribution in [0.2, 0.25) is 0 Å². The van der Waals surface area contributed by atoms with E-state index in [1.807, 2.05) is 0 Å². The summed E-state index contributed by atoms with van der Waals surface area (Å²) in [6.45, 7) is -1.27. The molecule has 2 amide bonds. The van der Waals surface area contributed by atoms with E-state index in [0.29, 0.717) is 16.5 Å². The average molecular weight is 402 g/mol. The second-order valence-electron chi connectivity index (χ2n) is 5.71. The van der Waals surface area contributed by atoms with Gasteiger partial charge in [-0.25, -0.2) is 8.78 Å². The van der Waals surface area contributed by atoms with Crippen LogP contribution in [0.15, 0.2) is 30.5 Å². The molecule has 3 rings (SSSR count). The molecule has 1 aliphatic rings. The number of nitrogens with zero attached hydrogens (tertiary/aromatic N) is 3. The number of amides is 2. The van der Waals surface area contributed by atoms with Crippen LogP contribution in [0.3, 0.4) is 0 Å². The minimum Gasteiger partial charge on any atom is -0.343 e. The van der Waals surface area contributed by atoms with Crippen molar-refractivity contribution in [2.75, 3.05) is 13.1 Å². The van der Waals surface area contributed by atoms with Crippen molar-refractivity contribution in [3.63, 3.8) is 0 Å². The van der Waals surface area contributed by atoms with Crippen LogP contribution in [-0.4, -0.2) is 46.8 Å². The van der Waals surface area contributed by atoms with Gasteiger partial charge in [-0.2, -0.15) is 29.5 Å². The number of carbonyl (C=O) groups is 2. The molecule has 6 nitrogen and oxygen atoms in total. The first-order chi connectivity index (χ1) is 11.9. The third-order valence-electron chi connectivity index (χ3n) is 3.97. The number of halogens is 2. The topological polar surface area (TPSA) is 86.1 Å². The number of nitriles is 1. The summed E-state index contributed by atoms with van der Waals surface area (Å²) in [4.78, 5) is 29.4. The van der Waals surface area contributed by atoms with Crippen LogP contribution in [0.1, 0.15) is 16.8 Å². The molecule has 0 spiro atoms. The maximum Gasteiger partial charge on any atom is 0.268 e. The molecule has 1 saturated heterocycles. The first-order valence-electron chi connectivity index (χ1n) is 7.51. The minimum absolute atomic E-state index is 0. The SMILES string of the molecule is N#C[C@@H]1CC(F)(F)CN1C(=O)CNC(=O)c1ccnc2c[c-]ccc12.[Co]. The second kappa shape index (κ2) is 7.76. The van der Waals surface area contributed by atoms with Gasteiger partial charge in [-0.05, 0) is 11.6 Å². The van der Waals surface area contributed by atoms with E-state index in [2.05, 4.69) is 16.4 Å². The van der Waals surface area contributed by atoms with Crippen molar-refractivity contribution in [1.82, 2.24) is 15.2 Å². The fourth-order valence-electron chi connectivity index (χ4n) is 2.78. The van der Waals surface area contributed by atoms with Crippen molar-refractivity contribution in [1.29, 1.82) is 5.26 Å². The summed E-state index contributed by atoms with van der Waals surface area (Å²) < 4.78 is 26.8. The molecule has 0 saturated carbocycles. The van der Waals surface area contributed by atoms with Crippen LogP contribution >= 0.6 is 0 Å². The fourth-order valence-corrected chi connectivity index (χ4v) is 2.78. The van der Waals surface area contributed by atoms with Gasteiger partial charge in [0, 0.05) is 35.0 Å². The van der Waals surface area contributed by atoms with Gasteiger partial charge in [0.15, 0.2) is 0 Å². The van der Waals surface area contributed by atoms with Gasteiger partial charge < -0.3 is 15.2 Å². The molecule has 0 aliphatic carbocycles. The second-order valence-corrected chi connectivity index (χ2v) is 5.71. The van der Waals surface area contributed by atoms with Gasteiger partial charge in [0.25, 0.3) is 5.92 Å². The molecule has 26 heavy (non-hydrogen) atoms. The molecule has 9 heteroatoms.